The molecule has 0 bridgehead atoms. The largest absolute Gasteiger partial charge is 0.486 e. The molecule has 3 nitrogen and oxygen atoms in total. The van der Waals surface area contributed by atoms with E-state index in [0.717, 1.165) is 14.7 Å². The Morgan fingerprint density at radius 3 is 2.76 bits per heavy atom. The molecular formula is C12H14Br2O3. The molecule has 5 heteroatoms. The van der Waals surface area contributed by atoms with Crippen molar-refractivity contribution < 1.29 is 14.6 Å². The molecule has 94 valence electrons. The molecule has 17 heavy (non-hydrogen) atoms. The number of hydrogen-bond donors (Lipinski definition) is 1. The van der Waals surface area contributed by atoms with Crippen LogP contribution in [0.5, 0.6) is 5.75 Å². The molecule has 1 aromatic carbocycles. The SMILES string of the molecule is CCOC1C(O)CC1Oc1ccc(Br)cc1Br. The molecule has 1 aliphatic carbocycles. The standard InChI is InChI=1S/C12H14Br2O3/c1-2-16-12-9(15)6-11(12)17-10-4-3-7(13)5-8(10)14/h3-5,9,11-12,15H,2,6H2,1H3. The predicted molar refractivity (Wildman–Crippen MR) is 72.3 cm³/mol. The highest BCUT2D eigenvalue weighted by atomic mass is 79.9. The lowest BCUT2D eigenvalue weighted by atomic mass is 9.88. The summed E-state index contributed by atoms with van der Waals surface area (Å²) in [5, 5.41) is 9.58. The predicted octanol–water partition coefficient (Wildman–Crippen LogP) is 3.13. The summed E-state index contributed by atoms with van der Waals surface area (Å²) in [7, 11) is 0. The van der Waals surface area contributed by atoms with Crippen LogP contribution in [0.3, 0.4) is 0 Å². The molecule has 0 heterocycles. The Morgan fingerprint density at radius 2 is 2.18 bits per heavy atom. The van der Waals surface area contributed by atoms with E-state index in [1.807, 2.05) is 25.1 Å². The lowest BCUT2D eigenvalue weighted by Crippen LogP contribution is -2.55. The van der Waals surface area contributed by atoms with E-state index in [2.05, 4.69) is 31.9 Å². The zero-order valence-electron chi connectivity index (χ0n) is 9.40. The van der Waals surface area contributed by atoms with Gasteiger partial charge in [0.2, 0.25) is 0 Å². The van der Waals surface area contributed by atoms with Crippen LogP contribution in [0.15, 0.2) is 27.1 Å². The lowest BCUT2D eigenvalue weighted by Gasteiger charge is -2.40. The molecule has 1 saturated carbocycles. The van der Waals surface area contributed by atoms with Gasteiger partial charge in [0, 0.05) is 17.5 Å². The maximum absolute atomic E-state index is 9.58. The van der Waals surface area contributed by atoms with E-state index in [1.54, 1.807) is 0 Å². The van der Waals surface area contributed by atoms with Crippen molar-refractivity contribution in [3.05, 3.63) is 27.1 Å². The van der Waals surface area contributed by atoms with Crippen molar-refractivity contribution in [1.29, 1.82) is 0 Å². The monoisotopic (exact) mass is 364 g/mol. The molecule has 1 fully saturated rings. The molecule has 0 saturated heterocycles. The number of benzene rings is 1. The van der Waals surface area contributed by atoms with Crippen LogP contribution in [0.2, 0.25) is 0 Å². The van der Waals surface area contributed by atoms with Crippen molar-refractivity contribution >= 4 is 31.9 Å². The van der Waals surface area contributed by atoms with E-state index in [0.29, 0.717) is 13.0 Å². The summed E-state index contributed by atoms with van der Waals surface area (Å²) in [6.45, 7) is 2.50. The Hall–Kier alpha value is -0.100. The minimum Gasteiger partial charge on any atom is -0.486 e. The highest BCUT2D eigenvalue weighted by molar-refractivity contribution is 9.11. The third-order valence-electron chi connectivity index (χ3n) is 2.75. The molecule has 0 amide bonds. The summed E-state index contributed by atoms with van der Waals surface area (Å²) in [4.78, 5) is 0. The topological polar surface area (TPSA) is 38.7 Å². The van der Waals surface area contributed by atoms with E-state index in [4.69, 9.17) is 9.47 Å². The average Bonchev–Trinajstić information content (AvgIpc) is 2.28. The Kier molecular flexibility index (Phi) is 4.47. The van der Waals surface area contributed by atoms with Gasteiger partial charge in [0.15, 0.2) is 0 Å². The Bertz CT molecular complexity index is 397. The average molecular weight is 366 g/mol. The highest BCUT2D eigenvalue weighted by Gasteiger charge is 2.42. The third-order valence-corrected chi connectivity index (χ3v) is 3.86. The maximum atomic E-state index is 9.58. The van der Waals surface area contributed by atoms with Gasteiger partial charge in [-0.15, -0.1) is 0 Å². The molecule has 0 aliphatic heterocycles. The Balaban J connectivity index is 2.01. The van der Waals surface area contributed by atoms with Crippen LogP contribution < -0.4 is 4.74 Å². The van der Waals surface area contributed by atoms with Crippen LogP contribution in [-0.4, -0.2) is 30.0 Å². The van der Waals surface area contributed by atoms with Gasteiger partial charge in [-0.25, -0.2) is 0 Å². The van der Waals surface area contributed by atoms with Gasteiger partial charge in [0.05, 0.1) is 10.6 Å². The summed E-state index contributed by atoms with van der Waals surface area (Å²) in [6.07, 6.45) is -0.0696. The van der Waals surface area contributed by atoms with E-state index >= 15 is 0 Å². The van der Waals surface area contributed by atoms with Crippen LogP contribution in [0.25, 0.3) is 0 Å². The maximum Gasteiger partial charge on any atom is 0.134 e. The fraction of sp³-hybridized carbons (Fsp3) is 0.500. The van der Waals surface area contributed by atoms with Gasteiger partial charge in [0.1, 0.15) is 18.0 Å². The molecule has 3 atom stereocenters. The molecule has 1 N–H and O–H groups in total. The fourth-order valence-electron chi connectivity index (χ4n) is 1.82. The number of ether oxygens (including phenoxy) is 2. The summed E-state index contributed by atoms with van der Waals surface area (Å²) in [6, 6.07) is 5.74. The van der Waals surface area contributed by atoms with E-state index < -0.39 is 6.10 Å². The summed E-state index contributed by atoms with van der Waals surface area (Å²) in [5.74, 6) is 0.773. The van der Waals surface area contributed by atoms with Gasteiger partial charge in [-0.2, -0.15) is 0 Å². The van der Waals surface area contributed by atoms with Crippen LogP contribution in [0.4, 0.5) is 0 Å². The molecule has 0 spiro atoms. The number of halogens is 2. The molecule has 1 aromatic rings. The second-order valence-electron chi connectivity index (χ2n) is 3.95. The van der Waals surface area contributed by atoms with Crippen molar-refractivity contribution in [2.45, 2.75) is 31.7 Å². The number of aliphatic hydroxyl groups is 1. The van der Waals surface area contributed by atoms with E-state index in [-0.39, 0.29) is 12.2 Å². The normalized spacial score (nSPS) is 27.6. The van der Waals surface area contributed by atoms with E-state index in [9.17, 15) is 5.11 Å². The first-order valence-electron chi connectivity index (χ1n) is 5.53. The zero-order chi connectivity index (χ0) is 12.4. The first-order valence-corrected chi connectivity index (χ1v) is 7.11. The summed E-state index contributed by atoms with van der Waals surface area (Å²) < 4.78 is 13.1. The smallest absolute Gasteiger partial charge is 0.134 e. The first-order chi connectivity index (χ1) is 8.11. The van der Waals surface area contributed by atoms with Gasteiger partial charge >= 0.3 is 0 Å². The summed E-state index contributed by atoms with van der Waals surface area (Å²) in [5.41, 5.74) is 0. The van der Waals surface area contributed by atoms with Gasteiger partial charge in [-0.3, -0.25) is 0 Å². The zero-order valence-corrected chi connectivity index (χ0v) is 12.6. The van der Waals surface area contributed by atoms with Crippen molar-refractivity contribution in [2.75, 3.05) is 6.61 Å². The van der Waals surface area contributed by atoms with Gasteiger partial charge in [-0.1, -0.05) is 15.9 Å². The third kappa shape index (κ3) is 3.02. The minimum atomic E-state index is -0.408. The summed E-state index contributed by atoms with van der Waals surface area (Å²) >= 11 is 6.83. The number of rotatable bonds is 4. The fourth-order valence-corrected chi connectivity index (χ4v) is 2.96. The van der Waals surface area contributed by atoms with Crippen molar-refractivity contribution in [3.8, 4) is 5.75 Å². The molecule has 2 rings (SSSR count). The second-order valence-corrected chi connectivity index (χ2v) is 5.72. The van der Waals surface area contributed by atoms with Gasteiger partial charge in [-0.05, 0) is 41.1 Å². The second kappa shape index (κ2) is 5.69. The van der Waals surface area contributed by atoms with Crippen LogP contribution in [0.1, 0.15) is 13.3 Å². The highest BCUT2D eigenvalue weighted by Crippen LogP contribution is 2.34. The van der Waals surface area contributed by atoms with Crippen LogP contribution in [-0.2, 0) is 4.74 Å². The molecular weight excluding hydrogens is 352 g/mol. The Labute approximate surface area is 117 Å². The molecule has 1 aliphatic rings. The van der Waals surface area contributed by atoms with Crippen LogP contribution >= 0.6 is 31.9 Å². The quantitative estimate of drug-likeness (QED) is 0.890. The Morgan fingerprint density at radius 1 is 1.41 bits per heavy atom. The van der Waals surface area contributed by atoms with Gasteiger partial charge in [0.25, 0.3) is 0 Å². The van der Waals surface area contributed by atoms with Gasteiger partial charge < -0.3 is 14.6 Å². The van der Waals surface area contributed by atoms with Crippen molar-refractivity contribution in [1.82, 2.24) is 0 Å². The molecule has 3 unspecified atom stereocenters. The molecule has 0 radical (unpaired) electrons. The number of aliphatic hydroxyl groups excluding tert-OH is 1. The van der Waals surface area contributed by atoms with Crippen molar-refractivity contribution in [3.63, 3.8) is 0 Å². The number of hydrogen-bond acceptors (Lipinski definition) is 3. The van der Waals surface area contributed by atoms with E-state index in [1.165, 1.54) is 0 Å². The van der Waals surface area contributed by atoms with Crippen LogP contribution in [0, 0.1) is 0 Å². The van der Waals surface area contributed by atoms with Crippen molar-refractivity contribution in [2.24, 2.45) is 0 Å². The molecule has 0 aromatic heterocycles. The lowest BCUT2D eigenvalue weighted by molar-refractivity contribution is -0.160. The minimum absolute atomic E-state index is 0.0672. The first kappa shape index (κ1) is 13.3.